The largest absolute Gasteiger partial charge is 0.492 e. The van der Waals surface area contributed by atoms with Gasteiger partial charge in [-0.15, -0.1) is 0 Å². The van der Waals surface area contributed by atoms with E-state index >= 15 is 0 Å². The van der Waals surface area contributed by atoms with Crippen LogP contribution in [0, 0.1) is 0 Å². The Balaban J connectivity index is 1.71. The van der Waals surface area contributed by atoms with Crippen LogP contribution in [0.4, 0.5) is 5.69 Å². The molecule has 0 radical (unpaired) electrons. The summed E-state index contributed by atoms with van der Waals surface area (Å²) in [4.78, 5) is 4.40. The van der Waals surface area contributed by atoms with Gasteiger partial charge >= 0.3 is 0 Å². The summed E-state index contributed by atoms with van der Waals surface area (Å²) in [5.41, 5.74) is 2.15. The van der Waals surface area contributed by atoms with Crippen molar-refractivity contribution in [1.82, 2.24) is 4.98 Å². The van der Waals surface area contributed by atoms with Crippen LogP contribution in [-0.2, 0) is 6.42 Å². The third-order valence-corrected chi connectivity index (χ3v) is 3.10. The Bertz CT molecular complexity index is 511. The first-order chi connectivity index (χ1) is 9.78. The van der Waals surface area contributed by atoms with Gasteiger partial charge in [-0.25, -0.2) is 0 Å². The van der Waals surface area contributed by atoms with Crippen LogP contribution in [-0.4, -0.2) is 18.1 Å². The van der Waals surface area contributed by atoms with Crippen LogP contribution in [0.2, 0.25) is 5.02 Å². The molecule has 0 unspecified atom stereocenters. The number of ether oxygens (including phenoxy) is 1. The molecule has 2 aromatic rings. The van der Waals surface area contributed by atoms with E-state index in [1.807, 2.05) is 30.5 Å². The van der Waals surface area contributed by atoms with Crippen molar-refractivity contribution >= 4 is 17.3 Å². The molecule has 0 bridgehead atoms. The number of aromatic nitrogens is 1. The third kappa shape index (κ3) is 4.74. The van der Waals surface area contributed by atoms with Crippen molar-refractivity contribution in [2.75, 3.05) is 18.5 Å². The Morgan fingerprint density at radius 3 is 2.60 bits per heavy atom. The summed E-state index contributed by atoms with van der Waals surface area (Å²) in [5, 5.41) is 4.00. The lowest BCUT2D eigenvalue weighted by atomic mass is 10.2. The van der Waals surface area contributed by atoms with E-state index in [9.17, 15) is 0 Å². The summed E-state index contributed by atoms with van der Waals surface area (Å²) < 4.78 is 5.60. The van der Waals surface area contributed by atoms with Gasteiger partial charge in [0.05, 0.1) is 11.9 Å². The number of halogens is 1. The smallest absolute Gasteiger partial charge is 0.119 e. The lowest BCUT2D eigenvalue weighted by molar-refractivity contribution is 0.333. The van der Waals surface area contributed by atoms with Gasteiger partial charge in [-0.2, -0.15) is 0 Å². The predicted molar refractivity (Wildman–Crippen MR) is 83.7 cm³/mol. The Morgan fingerprint density at radius 2 is 1.95 bits per heavy atom. The molecule has 1 heterocycles. The first-order valence-corrected chi connectivity index (χ1v) is 7.23. The van der Waals surface area contributed by atoms with E-state index in [4.69, 9.17) is 16.3 Å². The Labute approximate surface area is 124 Å². The van der Waals surface area contributed by atoms with Gasteiger partial charge in [0, 0.05) is 17.3 Å². The molecule has 0 fully saturated rings. The van der Waals surface area contributed by atoms with Gasteiger partial charge in [0.1, 0.15) is 12.4 Å². The second-order valence-corrected chi connectivity index (χ2v) is 4.95. The quantitative estimate of drug-likeness (QED) is 0.777. The van der Waals surface area contributed by atoms with Crippen LogP contribution in [0.25, 0.3) is 0 Å². The lowest BCUT2D eigenvalue weighted by Crippen LogP contribution is -2.11. The molecule has 0 aliphatic heterocycles. The molecule has 2 rings (SSSR count). The van der Waals surface area contributed by atoms with Gasteiger partial charge in [-0.3, -0.25) is 4.98 Å². The van der Waals surface area contributed by atoms with Gasteiger partial charge in [-0.1, -0.05) is 24.9 Å². The van der Waals surface area contributed by atoms with Crippen molar-refractivity contribution in [2.45, 2.75) is 19.8 Å². The molecule has 20 heavy (non-hydrogen) atoms. The molecule has 1 N–H and O–H groups in total. The second kappa shape index (κ2) is 7.75. The van der Waals surface area contributed by atoms with Crippen LogP contribution in [0.1, 0.15) is 19.0 Å². The summed E-state index contributed by atoms with van der Waals surface area (Å²) in [6.45, 7) is 3.48. The maximum absolute atomic E-state index is 5.81. The molecule has 0 atom stereocenters. The fourth-order valence-corrected chi connectivity index (χ4v) is 1.95. The average Bonchev–Trinajstić information content (AvgIpc) is 2.47. The van der Waals surface area contributed by atoms with E-state index in [1.165, 1.54) is 0 Å². The maximum atomic E-state index is 5.81. The summed E-state index contributed by atoms with van der Waals surface area (Å²) in [5.74, 6) is 0.826. The van der Waals surface area contributed by atoms with E-state index < -0.39 is 0 Å². The molecular formula is C16H19ClN2O. The van der Waals surface area contributed by atoms with Crippen molar-refractivity contribution in [2.24, 2.45) is 0 Å². The molecule has 1 aromatic carbocycles. The number of hydrogen-bond donors (Lipinski definition) is 1. The topological polar surface area (TPSA) is 34.1 Å². The number of hydrogen-bond acceptors (Lipinski definition) is 3. The molecule has 0 spiro atoms. The monoisotopic (exact) mass is 290 g/mol. The minimum absolute atomic E-state index is 0.596. The van der Waals surface area contributed by atoms with Gasteiger partial charge in [0.25, 0.3) is 0 Å². The fraction of sp³-hybridized carbons (Fsp3) is 0.312. The van der Waals surface area contributed by atoms with Gasteiger partial charge in [0.15, 0.2) is 0 Å². The average molecular weight is 291 g/mol. The van der Waals surface area contributed by atoms with E-state index in [0.717, 1.165) is 36.5 Å². The van der Waals surface area contributed by atoms with E-state index in [2.05, 4.69) is 29.4 Å². The number of pyridine rings is 1. The zero-order valence-corrected chi connectivity index (χ0v) is 12.4. The molecule has 0 amide bonds. The molecule has 3 nitrogen and oxygen atoms in total. The molecular weight excluding hydrogens is 272 g/mol. The van der Waals surface area contributed by atoms with Gasteiger partial charge < -0.3 is 10.1 Å². The highest BCUT2D eigenvalue weighted by molar-refractivity contribution is 6.30. The Hall–Kier alpha value is -1.74. The maximum Gasteiger partial charge on any atom is 0.119 e. The number of aryl methyl sites for hydroxylation is 1. The van der Waals surface area contributed by atoms with Crippen molar-refractivity contribution in [3.8, 4) is 5.75 Å². The van der Waals surface area contributed by atoms with Crippen molar-refractivity contribution in [3.05, 3.63) is 53.3 Å². The summed E-state index contributed by atoms with van der Waals surface area (Å²) in [7, 11) is 0. The van der Waals surface area contributed by atoms with E-state index in [1.54, 1.807) is 0 Å². The van der Waals surface area contributed by atoms with Crippen LogP contribution < -0.4 is 10.1 Å². The van der Waals surface area contributed by atoms with Crippen molar-refractivity contribution < 1.29 is 4.74 Å². The number of anilines is 1. The van der Waals surface area contributed by atoms with Gasteiger partial charge in [0.2, 0.25) is 0 Å². The van der Waals surface area contributed by atoms with Crippen LogP contribution in [0.15, 0.2) is 42.6 Å². The minimum atomic E-state index is 0.596. The van der Waals surface area contributed by atoms with Crippen LogP contribution in [0.3, 0.4) is 0 Å². The molecule has 0 saturated carbocycles. The zero-order chi connectivity index (χ0) is 14.2. The van der Waals surface area contributed by atoms with Gasteiger partial charge in [-0.05, 0) is 42.8 Å². The van der Waals surface area contributed by atoms with Crippen molar-refractivity contribution in [3.63, 3.8) is 0 Å². The predicted octanol–water partition coefficient (Wildman–Crippen LogP) is 4.18. The second-order valence-electron chi connectivity index (χ2n) is 4.52. The highest BCUT2D eigenvalue weighted by Gasteiger charge is 1.96. The molecule has 0 aliphatic carbocycles. The molecule has 1 aromatic heterocycles. The van der Waals surface area contributed by atoms with Crippen LogP contribution >= 0.6 is 11.6 Å². The van der Waals surface area contributed by atoms with Crippen LogP contribution in [0.5, 0.6) is 5.75 Å². The molecule has 106 valence electrons. The Kier molecular flexibility index (Phi) is 5.69. The number of benzene rings is 1. The zero-order valence-electron chi connectivity index (χ0n) is 11.6. The SMILES string of the molecule is CCCc1ccc(NCCOc2ccc(Cl)cc2)cn1. The number of nitrogens with one attached hydrogen (secondary N) is 1. The highest BCUT2D eigenvalue weighted by atomic mass is 35.5. The van der Waals surface area contributed by atoms with Crippen molar-refractivity contribution in [1.29, 1.82) is 0 Å². The van der Waals surface area contributed by atoms with E-state index in [-0.39, 0.29) is 0 Å². The lowest BCUT2D eigenvalue weighted by Gasteiger charge is -2.09. The Morgan fingerprint density at radius 1 is 1.15 bits per heavy atom. The minimum Gasteiger partial charge on any atom is -0.492 e. The van der Waals surface area contributed by atoms with E-state index in [0.29, 0.717) is 11.6 Å². The third-order valence-electron chi connectivity index (χ3n) is 2.84. The number of rotatable bonds is 7. The summed E-state index contributed by atoms with van der Waals surface area (Å²) >= 11 is 5.81. The first-order valence-electron chi connectivity index (χ1n) is 6.85. The normalized spacial score (nSPS) is 10.3. The summed E-state index contributed by atoms with van der Waals surface area (Å²) in [6, 6.07) is 11.5. The standard InChI is InChI=1S/C16H19ClN2O/c1-2-3-14-6-7-15(12-19-14)18-10-11-20-16-8-4-13(17)5-9-16/h4-9,12,18H,2-3,10-11H2,1H3. The molecule has 0 saturated heterocycles. The summed E-state index contributed by atoms with van der Waals surface area (Å²) in [6.07, 6.45) is 4.02. The molecule has 4 heteroatoms. The first kappa shape index (κ1) is 14.7. The fourth-order valence-electron chi connectivity index (χ4n) is 1.83. The molecule has 0 aliphatic rings. The number of nitrogens with zero attached hydrogens (tertiary/aromatic N) is 1. The highest BCUT2D eigenvalue weighted by Crippen LogP contribution is 2.15.